The molecule has 0 spiro atoms. The molecule has 1 heterocycles. The molecule has 126 valence electrons. The van der Waals surface area contributed by atoms with E-state index in [1.165, 1.54) is 10.9 Å². The van der Waals surface area contributed by atoms with Gasteiger partial charge in [-0.25, -0.2) is 4.98 Å². The van der Waals surface area contributed by atoms with Crippen LogP contribution >= 0.6 is 0 Å². The molecule has 0 fully saturated rings. The molecule has 1 aromatic heterocycles. The molecule has 0 aliphatic rings. The molecule has 25 heavy (non-hydrogen) atoms. The standard InChI is InChI=1S/C18H16N4O3/c19-9-16(23)12-5-7-13(8-6-12)21-17(24)10-22-11-20-15-4-2-1-3-14(15)18(22)25/h1-8,11H,9-10,19H2,(H,21,24). The highest BCUT2D eigenvalue weighted by Crippen LogP contribution is 2.10. The lowest BCUT2D eigenvalue weighted by atomic mass is 10.1. The summed E-state index contributed by atoms with van der Waals surface area (Å²) in [5, 5.41) is 3.14. The van der Waals surface area contributed by atoms with Gasteiger partial charge in [0, 0.05) is 11.3 Å². The predicted molar refractivity (Wildman–Crippen MR) is 94.5 cm³/mol. The summed E-state index contributed by atoms with van der Waals surface area (Å²) in [5.41, 5.74) is 6.63. The van der Waals surface area contributed by atoms with Crippen molar-refractivity contribution in [2.45, 2.75) is 6.54 Å². The molecular weight excluding hydrogens is 320 g/mol. The van der Waals surface area contributed by atoms with E-state index in [0.717, 1.165) is 0 Å². The summed E-state index contributed by atoms with van der Waals surface area (Å²) < 4.78 is 1.25. The van der Waals surface area contributed by atoms with Crippen LogP contribution in [0.3, 0.4) is 0 Å². The van der Waals surface area contributed by atoms with Gasteiger partial charge in [-0.15, -0.1) is 0 Å². The monoisotopic (exact) mass is 336 g/mol. The first-order valence-corrected chi connectivity index (χ1v) is 7.66. The number of rotatable bonds is 5. The summed E-state index contributed by atoms with van der Waals surface area (Å²) in [4.78, 5) is 40.2. The number of nitrogens with zero attached hydrogens (tertiary/aromatic N) is 2. The van der Waals surface area contributed by atoms with Gasteiger partial charge >= 0.3 is 0 Å². The van der Waals surface area contributed by atoms with Gasteiger partial charge in [-0.1, -0.05) is 12.1 Å². The number of fused-ring (bicyclic) bond motifs is 1. The van der Waals surface area contributed by atoms with E-state index in [9.17, 15) is 14.4 Å². The Hall–Kier alpha value is -3.32. The first-order valence-electron chi connectivity index (χ1n) is 7.66. The zero-order valence-corrected chi connectivity index (χ0v) is 13.3. The maximum atomic E-state index is 12.4. The Labute approximate surface area is 143 Å². The number of para-hydroxylation sites is 1. The Balaban J connectivity index is 1.73. The van der Waals surface area contributed by atoms with E-state index < -0.39 is 0 Å². The number of Topliss-reactive ketones (excluding diaryl/α,β-unsaturated/α-hetero) is 1. The Kier molecular flexibility index (Phi) is 4.67. The smallest absolute Gasteiger partial charge is 0.261 e. The average Bonchev–Trinajstić information content (AvgIpc) is 2.64. The molecular formula is C18H16N4O3. The summed E-state index contributed by atoms with van der Waals surface area (Å²) in [6, 6.07) is 13.4. The molecule has 3 N–H and O–H groups in total. The summed E-state index contributed by atoms with van der Waals surface area (Å²) >= 11 is 0. The predicted octanol–water partition coefficient (Wildman–Crippen LogP) is 1.18. The van der Waals surface area contributed by atoms with Gasteiger partial charge in [0.1, 0.15) is 6.54 Å². The summed E-state index contributed by atoms with van der Waals surface area (Å²) in [5.74, 6) is -0.538. The van der Waals surface area contributed by atoms with Gasteiger partial charge in [-0.2, -0.15) is 0 Å². The van der Waals surface area contributed by atoms with Gasteiger partial charge in [-0.3, -0.25) is 19.0 Å². The molecule has 3 aromatic rings. The molecule has 3 rings (SSSR count). The number of carbonyl (C=O) groups is 2. The van der Waals surface area contributed by atoms with Crippen molar-refractivity contribution in [3.63, 3.8) is 0 Å². The number of amides is 1. The van der Waals surface area contributed by atoms with Crippen LogP contribution in [0.15, 0.2) is 59.7 Å². The average molecular weight is 336 g/mol. The molecule has 0 unspecified atom stereocenters. The lowest BCUT2D eigenvalue weighted by Crippen LogP contribution is -2.27. The fraction of sp³-hybridized carbons (Fsp3) is 0.111. The van der Waals surface area contributed by atoms with Crippen molar-refractivity contribution < 1.29 is 9.59 Å². The van der Waals surface area contributed by atoms with Crippen molar-refractivity contribution in [1.29, 1.82) is 0 Å². The fourth-order valence-corrected chi connectivity index (χ4v) is 2.43. The molecule has 0 aliphatic heterocycles. The molecule has 7 heteroatoms. The van der Waals surface area contributed by atoms with Gasteiger partial charge in [-0.05, 0) is 36.4 Å². The van der Waals surface area contributed by atoms with E-state index in [-0.39, 0.29) is 30.3 Å². The second-order valence-corrected chi connectivity index (χ2v) is 5.45. The van der Waals surface area contributed by atoms with E-state index >= 15 is 0 Å². The molecule has 7 nitrogen and oxygen atoms in total. The first-order chi connectivity index (χ1) is 12.1. The second-order valence-electron chi connectivity index (χ2n) is 5.45. The van der Waals surface area contributed by atoms with Crippen LogP contribution in [-0.4, -0.2) is 27.8 Å². The van der Waals surface area contributed by atoms with Crippen LogP contribution in [0.4, 0.5) is 5.69 Å². The molecule has 2 aromatic carbocycles. The number of nitrogens with two attached hydrogens (primary N) is 1. The van der Waals surface area contributed by atoms with Gasteiger partial charge in [0.25, 0.3) is 5.56 Å². The molecule has 0 radical (unpaired) electrons. The molecule has 0 saturated carbocycles. The number of hydrogen-bond acceptors (Lipinski definition) is 5. The van der Waals surface area contributed by atoms with E-state index in [0.29, 0.717) is 22.2 Å². The number of anilines is 1. The van der Waals surface area contributed by atoms with Crippen molar-refractivity contribution >= 4 is 28.3 Å². The van der Waals surface area contributed by atoms with E-state index in [1.54, 1.807) is 48.5 Å². The molecule has 0 atom stereocenters. The SMILES string of the molecule is NCC(=O)c1ccc(NC(=O)Cn2cnc3ccccc3c2=O)cc1. The van der Waals surface area contributed by atoms with Crippen LogP contribution in [0.5, 0.6) is 0 Å². The third kappa shape index (κ3) is 3.61. The highest BCUT2D eigenvalue weighted by Gasteiger charge is 2.09. The normalized spacial score (nSPS) is 10.6. The summed E-state index contributed by atoms with van der Waals surface area (Å²) in [7, 11) is 0. The number of ketones is 1. The Bertz CT molecular complexity index is 993. The van der Waals surface area contributed by atoms with Gasteiger partial charge in [0.05, 0.1) is 23.8 Å². The van der Waals surface area contributed by atoms with E-state index in [4.69, 9.17) is 5.73 Å². The van der Waals surface area contributed by atoms with Crippen molar-refractivity contribution in [3.8, 4) is 0 Å². The minimum absolute atomic E-state index is 0.0659. The van der Waals surface area contributed by atoms with E-state index in [1.807, 2.05) is 0 Å². The third-order valence-electron chi connectivity index (χ3n) is 3.72. The van der Waals surface area contributed by atoms with Crippen LogP contribution in [0.2, 0.25) is 0 Å². The minimum atomic E-state index is -0.364. The van der Waals surface area contributed by atoms with E-state index in [2.05, 4.69) is 10.3 Å². The largest absolute Gasteiger partial charge is 0.325 e. The lowest BCUT2D eigenvalue weighted by molar-refractivity contribution is -0.116. The highest BCUT2D eigenvalue weighted by molar-refractivity contribution is 5.98. The van der Waals surface area contributed by atoms with Crippen molar-refractivity contribution in [2.24, 2.45) is 5.73 Å². The van der Waals surface area contributed by atoms with Gasteiger partial charge in [0.2, 0.25) is 5.91 Å². The number of nitrogens with one attached hydrogen (secondary N) is 1. The Morgan fingerprint density at radius 2 is 1.80 bits per heavy atom. The van der Waals surface area contributed by atoms with Crippen LogP contribution in [-0.2, 0) is 11.3 Å². The number of hydrogen-bond donors (Lipinski definition) is 2. The summed E-state index contributed by atoms with van der Waals surface area (Å²) in [6.45, 7) is -0.219. The number of carbonyl (C=O) groups excluding carboxylic acids is 2. The fourth-order valence-electron chi connectivity index (χ4n) is 2.43. The first kappa shape index (κ1) is 16.5. The minimum Gasteiger partial charge on any atom is -0.325 e. The number of aromatic nitrogens is 2. The molecule has 1 amide bonds. The number of benzene rings is 2. The van der Waals surface area contributed by atoms with Crippen molar-refractivity contribution in [1.82, 2.24) is 9.55 Å². The van der Waals surface area contributed by atoms with Gasteiger partial charge in [0.15, 0.2) is 5.78 Å². The maximum absolute atomic E-state index is 12.4. The zero-order chi connectivity index (χ0) is 17.8. The van der Waals surface area contributed by atoms with Crippen molar-refractivity contribution in [2.75, 3.05) is 11.9 Å². The topological polar surface area (TPSA) is 107 Å². The van der Waals surface area contributed by atoms with Crippen LogP contribution < -0.4 is 16.6 Å². The third-order valence-corrected chi connectivity index (χ3v) is 3.72. The molecule has 0 aliphatic carbocycles. The zero-order valence-electron chi connectivity index (χ0n) is 13.3. The Morgan fingerprint density at radius 3 is 2.52 bits per heavy atom. The van der Waals surface area contributed by atoms with Crippen LogP contribution in [0, 0.1) is 0 Å². The van der Waals surface area contributed by atoms with Crippen LogP contribution in [0.25, 0.3) is 10.9 Å². The van der Waals surface area contributed by atoms with Gasteiger partial charge < -0.3 is 11.1 Å². The molecule has 0 saturated heterocycles. The van der Waals surface area contributed by atoms with Crippen molar-refractivity contribution in [3.05, 3.63) is 70.8 Å². The van der Waals surface area contributed by atoms with Crippen LogP contribution in [0.1, 0.15) is 10.4 Å². The highest BCUT2D eigenvalue weighted by atomic mass is 16.2. The second kappa shape index (κ2) is 7.06. The quantitative estimate of drug-likeness (QED) is 0.680. The summed E-state index contributed by atoms with van der Waals surface area (Å²) in [6.07, 6.45) is 1.35. The Morgan fingerprint density at radius 1 is 1.08 bits per heavy atom. The molecule has 0 bridgehead atoms. The lowest BCUT2D eigenvalue weighted by Gasteiger charge is -2.08. The maximum Gasteiger partial charge on any atom is 0.261 e.